The van der Waals surface area contributed by atoms with E-state index in [-0.39, 0.29) is 5.91 Å². The number of nitrogens with zero attached hydrogens (tertiary/aromatic N) is 4. The van der Waals surface area contributed by atoms with Gasteiger partial charge in [0.15, 0.2) is 5.13 Å². The first kappa shape index (κ1) is 17.0. The molecule has 0 saturated carbocycles. The molecule has 0 unspecified atom stereocenters. The summed E-state index contributed by atoms with van der Waals surface area (Å²) in [5.74, 6) is 0.577. The summed E-state index contributed by atoms with van der Waals surface area (Å²) in [5.41, 5.74) is 0.862. The Bertz CT molecular complexity index is 1080. The third-order valence-corrected chi connectivity index (χ3v) is 5.55. The molecular formula is C17H15N5O2S2. The number of hydrogen-bond acceptors (Lipinski definition) is 7. The van der Waals surface area contributed by atoms with Crippen molar-refractivity contribution in [3.63, 3.8) is 0 Å². The quantitative estimate of drug-likeness (QED) is 0.547. The molecule has 1 amide bonds. The van der Waals surface area contributed by atoms with Gasteiger partial charge < -0.3 is 10.1 Å². The number of nitrogens with one attached hydrogen (secondary N) is 1. The molecule has 0 aliphatic heterocycles. The highest BCUT2D eigenvalue weighted by molar-refractivity contribution is 7.99. The van der Waals surface area contributed by atoms with Crippen LogP contribution in [0.3, 0.4) is 0 Å². The number of thiazole rings is 1. The normalized spacial score (nSPS) is 11.3. The molecule has 1 aromatic carbocycles. The summed E-state index contributed by atoms with van der Waals surface area (Å²) in [6.45, 7) is 0.395. The number of carbonyl (C=O) groups is 1. The van der Waals surface area contributed by atoms with Gasteiger partial charge in [-0.2, -0.15) is 0 Å². The monoisotopic (exact) mass is 385 g/mol. The van der Waals surface area contributed by atoms with E-state index in [1.165, 1.54) is 11.3 Å². The van der Waals surface area contributed by atoms with E-state index in [0.29, 0.717) is 23.9 Å². The van der Waals surface area contributed by atoms with Gasteiger partial charge in [0.05, 0.1) is 29.4 Å². The molecule has 0 aliphatic rings. The lowest BCUT2D eigenvalue weighted by Gasteiger charge is -2.01. The molecule has 3 aromatic heterocycles. The van der Waals surface area contributed by atoms with Crippen LogP contribution in [-0.2, 0) is 9.53 Å². The molecule has 0 bridgehead atoms. The summed E-state index contributed by atoms with van der Waals surface area (Å²) in [5, 5.41) is 4.40. The minimum atomic E-state index is -0.0984. The van der Waals surface area contributed by atoms with E-state index in [0.717, 1.165) is 20.1 Å². The van der Waals surface area contributed by atoms with E-state index in [4.69, 9.17) is 4.74 Å². The fraction of sp³-hybridized carbons (Fsp3) is 0.176. The number of anilines is 1. The second-order valence-electron chi connectivity index (χ2n) is 5.43. The highest BCUT2D eigenvalue weighted by Gasteiger charge is 2.10. The number of rotatable bonds is 6. The van der Waals surface area contributed by atoms with Crippen LogP contribution in [0.5, 0.6) is 0 Å². The topological polar surface area (TPSA) is 81.4 Å². The zero-order valence-electron chi connectivity index (χ0n) is 13.9. The highest BCUT2D eigenvalue weighted by atomic mass is 32.2. The van der Waals surface area contributed by atoms with Crippen molar-refractivity contribution in [2.24, 2.45) is 0 Å². The first-order valence-corrected chi connectivity index (χ1v) is 9.51. The first-order valence-electron chi connectivity index (χ1n) is 7.88. The number of ether oxygens (including phenoxy) is 1. The van der Waals surface area contributed by atoms with Crippen molar-refractivity contribution in [1.82, 2.24) is 19.4 Å². The molecule has 132 valence electrons. The lowest BCUT2D eigenvalue weighted by Crippen LogP contribution is -2.13. The maximum absolute atomic E-state index is 11.8. The van der Waals surface area contributed by atoms with Gasteiger partial charge in [-0.25, -0.2) is 15.0 Å². The van der Waals surface area contributed by atoms with Crippen LogP contribution in [0.15, 0.2) is 52.8 Å². The van der Waals surface area contributed by atoms with Crippen molar-refractivity contribution < 1.29 is 9.53 Å². The van der Waals surface area contributed by atoms with E-state index in [2.05, 4.69) is 26.3 Å². The van der Waals surface area contributed by atoms with Gasteiger partial charge >= 0.3 is 0 Å². The van der Waals surface area contributed by atoms with Crippen LogP contribution in [-0.4, -0.2) is 39.0 Å². The number of fused-ring (bicyclic) bond motifs is 2. The molecule has 9 heteroatoms. The number of amides is 1. The number of imidazole rings is 1. The predicted octanol–water partition coefficient (Wildman–Crippen LogP) is 3.47. The van der Waals surface area contributed by atoms with Crippen molar-refractivity contribution in [1.29, 1.82) is 0 Å². The molecule has 4 rings (SSSR count). The number of benzene rings is 1. The van der Waals surface area contributed by atoms with E-state index in [9.17, 15) is 4.79 Å². The summed E-state index contributed by atoms with van der Waals surface area (Å²) in [6.07, 6.45) is 5.79. The number of aromatic nitrogens is 4. The van der Waals surface area contributed by atoms with Gasteiger partial charge in [-0.15, -0.1) is 0 Å². The Morgan fingerprint density at radius 1 is 1.38 bits per heavy atom. The van der Waals surface area contributed by atoms with Crippen LogP contribution in [0.1, 0.15) is 6.42 Å². The average molecular weight is 385 g/mol. The number of carbonyl (C=O) groups excluding carboxylic acids is 1. The molecule has 4 aromatic rings. The molecule has 1 N–H and O–H groups in total. The van der Waals surface area contributed by atoms with Crippen molar-refractivity contribution >= 4 is 50.1 Å². The fourth-order valence-corrected chi connectivity index (χ4v) is 4.30. The lowest BCUT2D eigenvalue weighted by atomic mass is 10.3. The Morgan fingerprint density at radius 2 is 2.31 bits per heavy atom. The van der Waals surface area contributed by atoms with Gasteiger partial charge in [-0.1, -0.05) is 23.1 Å². The third kappa shape index (κ3) is 3.55. The Balaban J connectivity index is 1.55. The largest absolute Gasteiger partial charge is 0.384 e. The Morgan fingerprint density at radius 3 is 3.19 bits per heavy atom. The Kier molecular flexibility index (Phi) is 4.83. The molecule has 0 saturated heterocycles. The van der Waals surface area contributed by atoms with Crippen LogP contribution in [0.25, 0.3) is 16.0 Å². The molecule has 3 heterocycles. The smallest absolute Gasteiger partial charge is 0.234 e. The second-order valence-corrected chi connectivity index (χ2v) is 7.55. The predicted molar refractivity (Wildman–Crippen MR) is 102 cm³/mol. The van der Waals surface area contributed by atoms with Gasteiger partial charge in [0.1, 0.15) is 5.03 Å². The minimum absolute atomic E-state index is 0.0984. The summed E-state index contributed by atoms with van der Waals surface area (Å²) >= 11 is 3.07. The van der Waals surface area contributed by atoms with Crippen molar-refractivity contribution in [3.05, 3.63) is 42.9 Å². The maximum atomic E-state index is 11.8. The Labute approximate surface area is 157 Å². The molecule has 0 atom stereocenters. The Hall–Kier alpha value is -2.49. The highest BCUT2D eigenvalue weighted by Crippen LogP contribution is 2.33. The van der Waals surface area contributed by atoms with Crippen LogP contribution in [0.4, 0.5) is 5.13 Å². The molecule has 0 spiro atoms. The number of methoxy groups -OCH3 is 1. The van der Waals surface area contributed by atoms with Crippen LogP contribution < -0.4 is 5.32 Å². The average Bonchev–Trinajstić information content (AvgIpc) is 3.23. The van der Waals surface area contributed by atoms with Crippen LogP contribution in [0, 0.1) is 0 Å². The van der Waals surface area contributed by atoms with Gasteiger partial charge in [0.2, 0.25) is 11.7 Å². The van der Waals surface area contributed by atoms with E-state index in [1.807, 2.05) is 35.0 Å². The third-order valence-electron chi connectivity index (χ3n) is 3.62. The summed E-state index contributed by atoms with van der Waals surface area (Å²) in [4.78, 5) is 25.9. The van der Waals surface area contributed by atoms with Crippen molar-refractivity contribution in [2.45, 2.75) is 16.3 Å². The number of hydrogen-bond donors (Lipinski definition) is 1. The SMILES string of the molecule is COCCC(=O)Nc1nc2ccc(Sc3cnc4ncccn34)cc2s1. The zero-order chi connectivity index (χ0) is 17.9. The van der Waals surface area contributed by atoms with Crippen LogP contribution in [0.2, 0.25) is 0 Å². The molecular weight excluding hydrogens is 370 g/mol. The second kappa shape index (κ2) is 7.40. The van der Waals surface area contributed by atoms with Crippen LogP contribution >= 0.6 is 23.1 Å². The van der Waals surface area contributed by atoms with Gasteiger partial charge in [-0.05, 0) is 24.3 Å². The molecule has 7 nitrogen and oxygen atoms in total. The molecule has 26 heavy (non-hydrogen) atoms. The van der Waals surface area contributed by atoms with Gasteiger partial charge in [0.25, 0.3) is 0 Å². The van der Waals surface area contributed by atoms with Crippen molar-refractivity contribution in [3.8, 4) is 0 Å². The standard InChI is InChI=1S/C17H15N5O2S2/c1-24-8-5-14(23)21-17-20-12-4-3-11(9-13(12)26-17)25-15-10-19-16-18-6-2-7-22(15)16/h2-4,6-7,9-10H,5,8H2,1H3,(H,20,21,23). The summed E-state index contributed by atoms with van der Waals surface area (Å²) < 4.78 is 7.88. The molecule has 0 aliphatic carbocycles. The van der Waals surface area contributed by atoms with Gasteiger partial charge in [-0.3, -0.25) is 9.20 Å². The maximum Gasteiger partial charge on any atom is 0.234 e. The van der Waals surface area contributed by atoms with E-state index >= 15 is 0 Å². The van der Waals surface area contributed by atoms with E-state index in [1.54, 1.807) is 25.1 Å². The first-order chi connectivity index (χ1) is 12.7. The minimum Gasteiger partial charge on any atom is -0.384 e. The lowest BCUT2D eigenvalue weighted by molar-refractivity contribution is -0.117. The molecule has 0 radical (unpaired) electrons. The zero-order valence-corrected chi connectivity index (χ0v) is 15.5. The van der Waals surface area contributed by atoms with Gasteiger partial charge in [0, 0.05) is 24.4 Å². The fourth-order valence-electron chi connectivity index (χ4n) is 2.40. The molecule has 0 fully saturated rings. The summed E-state index contributed by atoms with van der Waals surface area (Å²) in [6, 6.07) is 7.92. The van der Waals surface area contributed by atoms with E-state index < -0.39 is 0 Å². The van der Waals surface area contributed by atoms with Crippen molar-refractivity contribution in [2.75, 3.05) is 19.0 Å². The summed E-state index contributed by atoms with van der Waals surface area (Å²) in [7, 11) is 1.57.